The van der Waals surface area contributed by atoms with Crippen LogP contribution >= 0.6 is 0 Å². The molecular formula is C31H32F3N3O5. The van der Waals surface area contributed by atoms with E-state index >= 15 is 0 Å². The van der Waals surface area contributed by atoms with Crippen LogP contribution in [0.1, 0.15) is 53.1 Å². The van der Waals surface area contributed by atoms with Gasteiger partial charge >= 0.3 is 11.9 Å². The van der Waals surface area contributed by atoms with Crippen molar-refractivity contribution in [2.24, 2.45) is 5.92 Å². The highest BCUT2D eigenvalue weighted by molar-refractivity contribution is 5.98. The number of carboxylic acid groups (broad SMARTS) is 1. The van der Waals surface area contributed by atoms with Crippen LogP contribution in [0.2, 0.25) is 0 Å². The Hall–Kier alpha value is -3.96. The molecule has 2 saturated heterocycles. The molecule has 3 N–H and O–H groups in total. The molecular weight excluding hydrogens is 551 g/mol. The fourth-order valence-corrected chi connectivity index (χ4v) is 6.29. The van der Waals surface area contributed by atoms with Crippen molar-refractivity contribution < 1.29 is 37.4 Å². The normalized spacial score (nSPS) is 21.0. The Labute approximate surface area is 240 Å². The summed E-state index contributed by atoms with van der Waals surface area (Å²) in [5.74, 6) is -6.05. The summed E-state index contributed by atoms with van der Waals surface area (Å²) >= 11 is 0. The Morgan fingerprint density at radius 3 is 2.45 bits per heavy atom. The number of hydrogen-bond donors (Lipinski definition) is 3. The summed E-state index contributed by atoms with van der Waals surface area (Å²) < 4.78 is 45.1. The summed E-state index contributed by atoms with van der Waals surface area (Å²) in [4.78, 5) is 42.6. The van der Waals surface area contributed by atoms with Gasteiger partial charge in [-0.2, -0.15) is 0 Å². The second kappa shape index (κ2) is 12.5. The summed E-state index contributed by atoms with van der Waals surface area (Å²) in [6.07, 6.45) is 6.70. The van der Waals surface area contributed by atoms with Crippen molar-refractivity contribution in [3.8, 4) is 0 Å². The lowest BCUT2D eigenvalue weighted by Crippen LogP contribution is -2.54. The minimum Gasteiger partial charge on any atom is -0.480 e. The van der Waals surface area contributed by atoms with Crippen molar-refractivity contribution in [1.82, 2.24) is 15.2 Å². The first-order valence-electron chi connectivity index (χ1n) is 13.9. The van der Waals surface area contributed by atoms with Crippen LogP contribution < -0.4 is 5.32 Å². The number of ether oxygens (including phenoxy) is 1. The van der Waals surface area contributed by atoms with E-state index in [2.05, 4.69) is 10.3 Å². The summed E-state index contributed by atoms with van der Waals surface area (Å²) in [5.41, 5.74) is 2.48. The molecule has 42 heavy (non-hydrogen) atoms. The molecule has 5 rings (SSSR count). The van der Waals surface area contributed by atoms with Gasteiger partial charge in [0.15, 0.2) is 23.2 Å². The van der Waals surface area contributed by atoms with Gasteiger partial charge in [-0.1, -0.05) is 6.08 Å². The maximum absolute atomic E-state index is 13.5. The molecule has 1 aromatic heterocycles. The van der Waals surface area contributed by atoms with Crippen molar-refractivity contribution in [3.05, 3.63) is 76.7 Å². The quantitative estimate of drug-likeness (QED) is 0.201. The number of nitrogens with zero attached hydrogens (tertiary/aromatic N) is 1. The number of aromatic amines is 1. The number of piperidine rings is 2. The second-order valence-corrected chi connectivity index (χ2v) is 10.9. The minimum absolute atomic E-state index is 0.00936. The highest BCUT2D eigenvalue weighted by Gasteiger charge is 2.39. The van der Waals surface area contributed by atoms with Gasteiger partial charge in [0.2, 0.25) is 0 Å². The summed E-state index contributed by atoms with van der Waals surface area (Å²) in [5, 5.41) is 14.3. The first kappa shape index (κ1) is 29.5. The molecule has 3 atom stereocenters. The van der Waals surface area contributed by atoms with Gasteiger partial charge in [-0.3, -0.25) is 14.5 Å². The second-order valence-electron chi connectivity index (χ2n) is 10.9. The van der Waals surface area contributed by atoms with Crippen LogP contribution in [0.3, 0.4) is 0 Å². The standard InChI is InChI=1S/C31H32F3N3O5/c1-42-31(41)20-3-4-25-21(14-20)22(16-36-25)18-7-10-37(11-8-18)29(30(39)40)19-6-9-35-26(15-19)27(38)5-2-17-12-23(32)28(34)24(33)13-17/h2-5,12-14,16,18-19,26,29,35-36H,6-11,15H2,1H3,(H,39,40). The third kappa shape index (κ3) is 6.12. The number of ketones is 1. The van der Waals surface area contributed by atoms with Crippen LogP contribution in [0.5, 0.6) is 0 Å². The first-order chi connectivity index (χ1) is 20.2. The van der Waals surface area contributed by atoms with Crippen molar-refractivity contribution >= 4 is 34.7 Å². The number of halogens is 3. The molecule has 2 aliphatic rings. The van der Waals surface area contributed by atoms with E-state index in [1.54, 1.807) is 6.07 Å². The van der Waals surface area contributed by atoms with E-state index in [0.717, 1.165) is 41.4 Å². The SMILES string of the molecule is COC(=O)c1ccc2[nH]cc(C3CCN(C(C(=O)O)C4CCNC(C(=O)C=Cc5cc(F)c(F)c(F)c5)C4)CC3)c2c1. The maximum Gasteiger partial charge on any atom is 0.337 e. The van der Waals surface area contributed by atoms with Gasteiger partial charge in [0, 0.05) is 17.1 Å². The predicted octanol–water partition coefficient (Wildman–Crippen LogP) is 4.66. The molecule has 0 aliphatic carbocycles. The van der Waals surface area contributed by atoms with E-state index in [0.29, 0.717) is 38.0 Å². The Balaban J connectivity index is 1.24. The maximum atomic E-state index is 13.5. The topological polar surface area (TPSA) is 112 Å². The fraction of sp³-hybridized carbons (Fsp3) is 0.387. The molecule has 222 valence electrons. The summed E-state index contributed by atoms with van der Waals surface area (Å²) in [6.45, 7) is 1.58. The van der Waals surface area contributed by atoms with Crippen LogP contribution in [0.15, 0.2) is 42.6 Å². The molecule has 3 heterocycles. The van der Waals surface area contributed by atoms with Gasteiger partial charge in [0.1, 0.15) is 6.04 Å². The number of benzene rings is 2. The van der Waals surface area contributed by atoms with Crippen molar-refractivity contribution in [1.29, 1.82) is 0 Å². The monoisotopic (exact) mass is 583 g/mol. The lowest BCUT2D eigenvalue weighted by Gasteiger charge is -2.41. The number of rotatable bonds is 8. The van der Waals surface area contributed by atoms with Gasteiger partial charge < -0.3 is 20.1 Å². The van der Waals surface area contributed by atoms with E-state index in [1.165, 1.54) is 19.3 Å². The molecule has 2 aliphatic heterocycles. The molecule has 11 heteroatoms. The zero-order chi connectivity index (χ0) is 30.0. The number of H-pyrrole nitrogens is 1. The molecule has 3 unspecified atom stereocenters. The number of carboxylic acids is 1. The van der Waals surface area contributed by atoms with Gasteiger partial charge in [0.25, 0.3) is 0 Å². The Morgan fingerprint density at radius 2 is 1.79 bits per heavy atom. The molecule has 0 spiro atoms. The zero-order valence-electron chi connectivity index (χ0n) is 23.0. The number of aromatic nitrogens is 1. The number of esters is 1. The van der Waals surface area contributed by atoms with Crippen molar-refractivity contribution in [3.63, 3.8) is 0 Å². The first-order valence-corrected chi connectivity index (χ1v) is 13.9. The fourth-order valence-electron chi connectivity index (χ4n) is 6.29. The average molecular weight is 584 g/mol. The predicted molar refractivity (Wildman–Crippen MR) is 149 cm³/mol. The lowest BCUT2D eigenvalue weighted by molar-refractivity contribution is -0.147. The molecule has 0 saturated carbocycles. The number of methoxy groups -OCH3 is 1. The van der Waals surface area contributed by atoms with Gasteiger partial charge in [-0.05, 0) is 105 Å². The molecule has 0 amide bonds. The van der Waals surface area contributed by atoms with Crippen LogP contribution in [-0.4, -0.2) is 71.5 Å². The third-order valence-electron chi connectivity index (χ3n) is 8.43. The number of fused-ring (bicyclic) bond motifs is 1. The summed E-state index contributed by atoms with van der Waals surface area (Å²) in [7, 11) is 1.34. The highest BCUT2D eigenvalue weighted by atomic mass is 19.2. The van der Waals surface area contributed by atoms with Crippen LogP contribution in [0.25, 0.3) is 17.0 Å². The highest BCUT2D eigenvalue weighted by Crippen LogP contribution is 2.36. The van der Waals surface area contributed by atoms with Gasteiger partial charge in [-0.25, -0.2) is 18.0 Å². The summed E-state index contributed by atoms with van der Waals surface area (Å²) in [6, 6.07) is 5.58. The minimum atomic E-state index is -1.58. The Kier molecular flexibility index (Phi) is 8.79. The lowest BCUT2D eigenvalue weighted by atomic mass is 9.82. The number of nitrogens with one attached hydrogen (secondary N) is 2. The third-order valence-corrected chi connectivity index (χ3v) is 8.43. The van der Waals surface area contributed by atoms with E-state index in [-0.39, 0.29) is 23.2 Å². The van der Waals surface area contributed by atoms with Crippen LogP contribution in [0.4, 0.5) is 13.2 Å². The molecule has 8 nitrogen and oxygen atoms in total. The Morgan fingerprint density at radius 1 is 1.07 bits per heavy atom. The van der Waals surface area contributed by atoms with E-state index in [9.17, 15) is 32.7 Å². The smallest absolute Gasteiger partial charge is 0.337 e. The van der Waals surface area contributed by atoms with Crippen molar-refractivity contribution in [2.75, 3.05) is 26.7 Å². The zero-order valence-corrected chi connectivity index (χ0v) is 23.0. The number of likely N-dealkylation sites (tertiary alicyclic amines) is 1. The van der Waals surface area contributed by atoms with Crippen LogP contribution in [-0.2, 0) is 14.3 Å². The number of aliphatic carboxylic acids is 1. The van der Waals surface area contributed by atoms with Crippen molar-refractivity contribution in [2.45, 2.75) is 43.7 Å². The van der Waals surface area contributed by atoms with Crippen LogP contribution in [0, 0.1) is 23.4 Å². The molecule has 0 bridgehead atoms. The van der Waals surface area contributed by atoms with E-state index in [1.807, 2.05) is 23.2 Å². The molecule has 2 fully saturated rings. The van der Waals surface area contributed by atoms with E-state index < -0.39 is 41.5 Å². The van der Waals surface area contributed by atoms with Gasteiger partial charge in [-0.15, -0.1) is 0 Å². The molecule has 0 radical (unpaired) electrons. The van der Waals surface area contributed by atoms with Gasteiger partial charge in [0.05, 0.1) is 18.7 Å². The number of hydrogen-bond acceptors (Lipinski definition) is 6. The Bertz CT molecular complexity index is 1510. The van der Waals surface area contributed by atoms with E-state index in [4.69, 9.17) is 4.74 Å². The molecule has 3 aromatic rings. The largest absolute Gasteiger partial charge is 0.480 e. The number of carbonyl (C=O) groups excluding carboxylic acids is 2. The molecule has 2 aromatic carbocycles. The average Bonchev–Trinajstić information content (AvgIpc) is 3.42. The number of carbonyl (C=O) groups is 3.